The third-order valence-electron chi connectivity index (χ3n) is 2.11. The number of benzene rings is 1. The molecule has 0 radical (unpaired) electrons. The molecule has 0 saturated heterocycles. The van der Waals surface area contributed by atoms with E-state index in [4.69, 9.17) is 21.1 Å². The summed E-state index contributed by atoms with van der Waals surface area (Å²) in [6, 6.07) is 0.426. The molecule has 0 bridgehead atoms. The summed E-state index contributed by atoms with van der Waals surface area (Å²) in [5.74, 6) is -3.69. The molecule has 1 aromatic rings. The number of phenols is 3. The Hall–Kier alpha value is -1.99. The molecule has 0 saturated carbocycles. The van der Waals surface area contributed by atoms with Crippen molar-refractivity contribution in [3.63, 3.8) is 0 Å². The number of aliphatic hydroxyl groups is 1. The van der Waals surface area contributed by atoms with E-state index in [0.29, 0.717) is 0 Å². The van der Waals surface area contributed by atoms with E-state index in [0.717, 1.165) is 12.1 Å². The molecule has 0 aliphatic heterocycles. The van der Waals surface area contributed by atoms with Gasteiger partial charge in [0.1, 0.15) is 12.1 Å². The number of aliphatic hydroxyl groups excluding tert-OH is 1. The lowest BCUT2D eigenvalue weighted by molar-refractivity contribution is -0.141. The Morgan fingerprint density at radius 2 is 1.75 bits per heavy atom. The van der Waals surface area contributed by atoms with E-state index in [9.17, 15) is 15.0 Å². The number of carboxylic acids is 1. The number of carboxylic acid groups (broad SMARTS) is 1. The minimum absolute atomic E-state index is 0.273. The first kappa shape index (κ1) is 12.1. The van der Waals surface area contributed by atoms with Crippen LogP contribution in [0.5, 0.6) is 17.2 Å². The SMILES string of the molecule is NC(C(=O)O)C(O)c1ccc(O)c(O)c1O. The molecule has 0 heterocycles. The predicted molar refractivity (Wildman–Crippen MR) is 52.0 cm³/mol. The molecule has 88 valence electrons. The molecule has 0 aliphatic rings. The minimum Gasteiger partial charge on any atom is -0.504 e. The Morgan fingerprint density at radius 1 is 1.19 bits per heavy atom. The van der Waals surface area contributed by atoms with Gasteiger partial charge >= 0.3 is 5.97 Å². The molecule has 0 aromatic heterocycles. The standard InChI is InChI=1S/C9H11NO6/c10-5(9(15)16)6(12)3-1-2-4(11)8(14)7(3)13/h1-2,5-6,11-14H,10H2,(H,15,16). The largest absolute Gasteiger partial charge is 0.504 e. The Kier molecular flexibility index (Phi) is 3.21. The van der Waals surface area contributed by atoms with Crippen LogP contribution in [0.25, 0.3) is 0 Å². The zero-order chi connectivity index (χ0) is 12.5. The number of carbonyl (C=O) groups is 1. The fourth-order valence-corrected chi connectivity index (χ4v) is 1.15. The van der Waals surface area contributed by atoms with E-state index in [1.54, 1.807) is 0 Å². The quantitative estimate of drug-likeness (QED) is 0.374. The first-order chi connectivity index (χ1) is 7.36. The lowest BCUT2D eigenvalue weighted by Gasteiger charge is -2.17. The van der Waals surface area contributed by atoms with Gasteiger partial charge in [0.05, 0.1) is 0 Å². The molecule has 2 unspecified atom stereocenters. The highest BCUT2D eigenvalue weighted by molar-refractivity contribution is 5.74. The summed E-state index contributed by atoms with van der Waals surface area (Å²) in [4.78, 5) is 10.5. The molecule has 7 heteroatoms. The van der Waals surface area contributed by atoms with Crippen molar-refractivity contribution in [2.24, 2.45) is 5.73 Å². The maximum absolute atomic E-state index is 10.5. The van der Waals surface area contributed by atoms with Gasteiger partial charge in [0, 0.05) is 5.56 Å². The lowest BCUT2D eigenvalue weighted by atomic mass is 10.0. The van der Waals surface area contributed by atoms with E-state index in [-0.39, 0.29) is 5.56 Å². The van der Waals surface area contributed by atoms with Crippen molar-refractivity contribution in [2.75, 3.05) is 0 Å². The highest BCUT2D eigenvalue weighted by Crippen LogP contribution is 2.40. The highest BCUT2D eigenvalue weighted by atomic mass is 16.4. The average Bonchev–Trinajstić information content (AvgIpc) is 2.24. The summed E-state index contributed by atoms with van der Waals surface area (Å²) in [6.45, 7) is 0. The summed E-state index contributed by atoms with van der Waals surface area (Å²) in [5, 5.41) is 45.6. The number of aliphatic carboxylic acids is 1. The topological polar surface area (TPSA) is 144 Å². The van der Waals surface area contributed by atoms with E-state index >= 15 is 0 Å². The fraction of sp³-hybridized carbons (Fsp3) is 0.222. The molecule has 1 rings (SSSR count). The zero-order valence-corrected chi connectivity index (χ0v) is 8.03. The Bertz CT molecular complexity index is 419. The molecule has 2 atom stereocenters. The van der Waals surface area contributed by atoms with E-state index in [1.807, 2.05) is 0 Å². The second kappa shape index (κ2) is 4.25. The zero-order valence-electron chi connectivity index (χ0n) is 8.03. The van der Waals surface area contributed by atoms with Gasteiger partial charge in [0.2, 0.25) is 5.75 Å². The number of rotatable bonds is 3. The first-order valence-corrected chi connectivity index (χ1v) is 4.26. The third kappa shape index (κ3) is 2.00. The Balaban J connectivity index is 3.14. The third-order valence-corrected chi connectivity index (χ3v) is 2.11. The van der Waals surface area contributed by atoms with Crippen molar-refractivity contribution < 1.29 is 30.3 Å². The molecular formula is C9H11NO6. The number of hydrogen-bond acceptors (Lipinski definition) is 6. The maximum atomic E-state index is 10.5. The second-order valence-electron chi connectivity index (χ2n) is 3.18. The minimum atomic E-state index is -1.69. The second-order valence-corrected chi connectivity index (χ2v) is 3.18. The van der Waals surface area contributed by atoms with Gasteiger partial charge in [-0.1, -0.05) is 0 Å². The van der Waals surface area contributed by atoms with E-state index < -0.39 is 35.4 Å². The van der Waals surface area contributed by atoms with Gasteiger partial charge in [-0.15, -0.1) is 0 Å². The number of nitrogens with two attached hydrogens (primary N) is 1. The van der Waals surface area contributed by atoms with Crippen LogP contribution in [0.15, 0.2) is 12.1 Å². The van der Waals surface area contributed by atoms with Gasteiger partial charge < -0.3 is 31.3 Å². The van der Waals surface area contributed by atoms with Gasteiger partial charge in [-0.2, -0.15) is 0 Å². The van der Waals surface area contributed by atoms with Crippen molar-refractivity contribution in [2.45, 2.75) is 12.1 Å². The number of phenolic OH excluding ortho intramolecular Hbond substituents is 3. The lowest BCUT2D eigenvalue weighted by Crippen LogP contribution is -2.36. The number of aromatic hydroxyl groups is 3. The van der Waals surface area contributed by atoms with Crippen molar-refractivity contribution in [1.29, 1.82) is 0 Å². The normalized spacial score (nSPS) is 14.4. The fourth-order valence-electron chi connectivity index (χ4n) is 1.15. The van der Waals surface area contributed by atoms with Crippen molar-refractivity contribution in [3.05, 3.63) is 17.7 Å². The predicted octanol–water partition coefficient (Wildman–Crippen LogP) is -0.751. The van der Waals surface area contributed by atoms with Crippen LogP contribution in [-0.4, -0.2) is 37.5 Å². The first-order valence-electron chi connectivity index (χ1n) is 4.26. The summed E-state index contributed by atoms with van der Waals surface area (Å²) in [7, 11) is 0. The van der Waals surface area contributed by atoms with Gasteiger partial charge in [-0.3, -0.25) is 4.79 Å². The summed E-state index contributed by atoms with van der Waals surface area (Å²) < 4.78 is 0. The Morgan fingerprint density at radius 3 is 2.25 bits per heavy atom. The van der Waals surface area contributed by atoms with Crippen molar-refractivity contribution in [3.8, 4) is 17.2 Å². The Labute approximate surface area is 90.0 Å². The molecule has 1 aromatic carbocycles. The summed E-state index contributed by atoms with van der Waals surface area (Å²) in [6.07, 6.45) is -1.69. The van der Waals surface area contributed by atoms with Crippen molar-refractivity contribution >= 4 is 5.97 Å². The smallest absolute Gasteiger partial charge is 0.323 e. The maximum Gasteiger partial charge on any atom is 0.323 e. The van der Waals surface area contributed by atoms with Crippen LogP contribution >= 0.6 is 0 Å². The van der Waals surface area contributed by atoms with Gasteiger partial charge in [0.15, 0.2) is 11.5 Å². The molecule has 0 aliphatic carbocycles. The van der Waals surface area contributed by atoms with Crippen LogP contribution in [0, 0.1) is 0 Å². The molecule has 0 spiro atoms. The van der Waals surface area contributed by atoms with E-state index in [2.05, 4.69) is 0 Å². The summed E-state index contributed by atoms with van der Waals surface area (Å²) in [5.41, 5.74) is 4.87. The average molecular weight is 229 g/mol. The van der Waals surface area contributed by atoms with Gasteiger partial charge in [-0.25, -0.2) is 0 Å². The molecule has 7 nitrogen and oxygen atoms in total. The van der Waals surface area contributed by atoms with Crippen molar-refractivity contribution in [1.82, 2.24) is 0 Å². The van der Waals surface area contributed by atoms with Crippen LogP contribution in [0.2, 0.25) is 0 Å². The van der Waals surface area contributed by atoms with Gasteiger partial charge in [0.25, 0.3) is 0 Å². The van der Waals surface area contributed by atoms with Crippen LogP contribution in [-0.2, 0) is 4.79 Å². The van der Waals surface area contributed by atoms with Crippen LogP contribution in [0.4, 0.5) is 0 Å². The van der Waals surface area contributed by atoms with Crippen LogP contribution in [0.3, 0.4) is 0 Å². The molecule has 0 amide bonds. The molecule has 7 N–H and O–H groups in total. The van der Waals surface area contributed by atoms with Gasteiger partial charge in [-0.05, 0) is 12.1 Å². The number of hydrogen-bond donors (Lipinski definition) is 6. The molecular weight excluding hydrogens is 218 g/mol. The molecule has 16 heavy (non-hydrogen) atoms. The highest BCUT2D eigenvalue weighted by Gasteiger charge is 2.27. The summed E-state index contributed by atoms with van der Waals surface area (Å²) >= 11 is 0. The monoisotopic (exact) mass is 229 g/mol. The van der Waals surface area contributed by atoms with E-state index in [1.165, 1.54) is 0 Å². The van der Waals surface area contributed by atoms with Crippen LogP contribution in [0.1, 0.15) is 11.7 Å². The van der Waals surface area contributed by atoms with Crippen LogP contribution < -0.4 is 5.73 Å². The molecule has 0 fully saturated rings.